The van der Waals surface area contributed by atoms with Crippen LogP contribution < -0.4 is 5.32 Å². The van der Waals surface area contributed by atoms with Gasteiger partial charge in [0, 0.05) is 31.2 Å². The van der Waals surface area contributed by atoms with Crippen molar-refractivity contribution < 1.29 is 23.8 Å². The molecule has 2 aliphatic rings. The molecule has 2 fully saturated rings. The van der Waals surface area contributed by atoms with Crippen LogP contribution in [0.15, 0.2) is 12.3 Å². The van der Waals surface area contributed by atoms with Crippen LogP contribution in [-0.4, -0.2) is 80.6 Å². The molecule has 4 heterocycles. The van der Waals surface area contributed by atoms with Gasteiger partial charge < -0.3 is 29.8 Å². The number of fused-ring (bicyclic) bond motifs is 1. The minimum atomic E-state index is -0.691. The van der Waals surface area contributed by atoms with E-state index in [4.69, 9.17) is 21.1 Å². The van der Waals surface area contributed by atoms with Gasteiger partial charge in [0.25, 0.3) is 0 Å². The van der Waals surface area contributed by atoms with Crippen molar-refractivity contribution in [2.24, 2.45) is 0 Å². The van der Waals surface area contributed by atoms with E-state index in [2.05, 4.69) is 25.3 Å². The van der Waals surface area contributed by atoms with Crippen LogP contribution in [0.1, 0.15) is 63.8 Å². The normalized spacial score (nSPS) is 21.8. The zero-order chi connectivity index (χ0) is 27.8. The molecule has 2 aliphatic heterocycles. The number of aliphatic hydroxyl groups is 1. The Hall–Kier alpha value is -3.02. The number of nitrogens with one attached hydrogen (secondary N) is 2. The highest BCUT2D eigenvalue weighted by Gasteiger charge is 2.32. The molecule has 2 aromatic heterocycles. The molecule has 2 saturated heterocycles. The van der Waals surface area contributed by atoms with Gasteiger partial charge in [0.2, 0.25) is 5.95 Å². The Labute approximate surface area is 231 Å². The smallest absolute Gasteiger partial charge is 0.410 e. The van der Waals surface area contributed by atoms with E-state index >= 15 is 4.39 Å². The second kappa shape index (κ2) is 11.2. The number of carbonyl (C=O) groups excluding carboxylic acids is 1. The molecule has 12 heteroatoms. The molecule has 0 unspecified atom stereocenters. The molecule has 3 N–H and O–H groups in total. The molecule has 1 aromatic carbocycles. The lowest BCUT2D eigenvalue weighted by Crippen LogP contribution is -2.42. The fourth-order valence-electron chi connectivity index (χ4n) is 5.26. The zero-order valence-corrected chi connectivity index (χ0v) is 23.3. The number of amides is 1. The molecule has 210 valence electrons. The van der Waals surface area contributed by atoms with Gasteiger partial charge in [-0.3, -0.25) is 0 Å². The van der Waals surface area contributed by atoms with Crippen molar-refractivity contribution in [1.29, 1.82) is 0 Å². The molecule has 5 rings (SSSR count). The number of carbonyl (C=O) groups is 1. The summed E-state index contributed by atoms with van der Waals surface area (Å²) in [4.78, 5) is 30.9. The first kappa shape index (κ1) is 27.5. The predicted octanol–water partition coefficient (Wildman–Crippen LogP) is 4.83. The summed E-state index contributed by atoms with van der Waals surface area (Å²) >= 11 is 6.55. The SMILES string of the molecule is CC(C)OC(=O)N1CC[C@H](c2nc3c(F)cc(-c4nc(N[C@@H]5CCOC[C@H]5O)ncc4Cl)c(C(C)C)c3[nH]2)C1. The lowest BCUT2D eigenvalue weighted by molar-refractivity contribution is -0.0136. The van der Waals surface area contributed by atoms with Crippen LogP contribution in [0.4, 0.5) is 15.1 Å². The number of benzene rings is 1. The monoisotopic (exact) mass is 560 g/mol. The van der Waals surface area contributed by atoms with Gasteiger partial charge in [0.15, 0.2) is 5.82 Å². The fourth-order valence-corrected chi connectivity index (χ4v) is 5.46. The maximum Gasteiger partial charge on any atom is 0.410 e. The number of ether oxygens (including phenoxy) is 2. The highest BCUT2D eigenvalue weighted by Crippen LogP contribution is 2.39. The summed E-state index contributed by atoms with van der Waals surface area (Å²) in [6, 6.07) is 1.15. The number of anilines is 1. The molecule has 10 nitrogen and oxygen atoms in total. The highest BCUT2D eigenvalue weighted by atomic mass is 35.5. The van der Waals surface area contributed by atoms with Crippen molar-refractivity contribution in [3.05, 3.63) is 34.5 Å². The molecule has 0 radical (unpaired) electrons. The van der Waals surface area contributed by atoms with E-state index in [1.165, 1.54) is 12.3 Å². The zero-order valence-electron chi connectivity index (χ0n) is 22.5. The highest BCUT2D eigenvalue weighted by molar-refractivity contribution is 6.33. The fraction of sp³-hybridized carbons (Fsp3) is 0.556. The molecular formula is C27H34ClFN6O4. The molecule has 0 spiro atoms. The molecular weight excluding hydrogens is 527 g/mol. The van der Waals surface area contributed by atoms with E-state index in [9.17, 15) is 9.90 Å². The lowest BCUT2D eigenvalue weighted by atomic mass is 9.93. The number of likely N-dealkylation sites (tertiary alicyclic amines) is 1. The van der Waals surface area contributed by atoms with Crippen LogP contribution >= 0.6 is 11.6 Å². The summed E-state index contributed by atoms with van der Waals surface area (Å²) in [5.41, 5.74) is 2.59. The van der Waals surface area contributed by atoms with Crippen molar-refractivity contribution >= 4 is 34.7 Å². The van der Waals surface area contributed by atoms with E-state index < -0.39 is 11.9 Å². The summed E-state index contributed by atoms with van der Waals surface area (Å²) in [6.45, 7) is 9.41. The molecule has 0 bridgehead atoms. The number of aromatic nitrogens is 4. The summed E-state index contributed by atoms with van der Waals surface area (Å²) in [5.74, 6) is 0.346. The topological polar surface area (TPSA) is 125 Å². The molecule has 0 saturated carbocycles. The third kappa shape index (κ3) is 5.66. The van der Waals surface area contributed by atoms with Crippen molar-refractivity contribution in [2.45, 2.75) is 70.6 Å². The number of halogens is 2. The van der Waals surface area contributed by atoms with E-state index in [0.717, 1.165) is 5.56 Å². The lowest BCUT2D eigenvalue weighted by Gasteiger charge is -2.28. The summed E-state index contributed by atoms with van der Waals surface area (Å²) in [7, 11) is 0. The standard InChI is InChI=1S/C27H34ClFN6O4/c1-13(2)21-16(22-17(28)10-30-26(34-22)31-19-6-8-38-12-20(19)36)9-18(29)23-24(21)33-25(32-23)15-5-7-35(11-15)27(37)39-14(3)4/h9-10,13-15,19-20,36H,5-8,11-12H2,1-4H3,(H,32,33)(H,30,31,34)/t15-,19+,20+/m0/s1. The Morgan fingerprint density at radius 3 is 2.82 bits per heavy atom. The van der Waals surface area contributed by atoms with Crippen LogP contribution in [0.2, 0.25) is 5.02 Å². The van der Waals surface area contributed by atoms with Crippen LogP contribution in [0.5, 0.6) is 0 Å². The number of aliphatic hydroxyl groups excluding tert-OH is 1. The number of hydrogen-bond acceptors (Lipinski definition) is 8. The van der Waals surface area contributed by atoms with Crippen molar-refractivity contribution in [3.63, 3.8) is 0 Å². The molecule has 0 aliphatic carbocycles. The molecule has 1 amide bonds. The third-order valence-electron chi connectivity index (χ3n) is 7.17. The van der Waals surface area contributed by atoms with E-state index in [-0.39, 0.29) is 47.2 Å². The second-order valence-corrected chi connectivity index (χ2v) is 11.2. The van der Waals surface area contributed by atoms with E-state index in [1.54, 1.807) is 4.90 Å². The van der Waals surface area contributed by atoms with Crippen LogP contribution in [0.3, 0.4) is 0 Å². The minimum absolute atomic E-state index is 0.0164. The van der Waals surface area contributed by atoms with E-state index in [0.29, 0.717) is 61.1 Å². The van der Waals surface area contributed by atoms with Gasteiger partial charge in [-0.15, -0.1) is 0 Å². The van der Waals surface area contributed by atoms with Crippen molar-refractivity contribution in [2.75, 3.05) is 31.6 Å². The number of hydrogen-bond donors (Lipinski definition) is 3. The first-order chi connectivity index (χ1) is 18.6. The Morgan fingerprint density at radius 2 is 2.10 bits per heavy atom. The number of aromatic amines is 1. The largest absolute Gasteiger partial charge is 0.447 e. The van der Waals surface area contributed by atoms with Gasteiger partial charge in [-0.05, 0) is 44.2 Å². The molecule has 3 aromatic rings. The number of rotatable bonds is 6. The number of H-pyrrole nitrogens is 1. The van der Waals surface area contributed by atoms with Gasteiger partial charge in [-0.25, -0.2) is 24.1 Å². The average Bonchev–Trinajstić information content (AvgIpc) is 3.54. The third-order valence-corrected chi connectivity index (χ3v) is 7.44. The predicted molar refractivity (Wildman–Crippen MR) is 146 cm³/mol. The Morgan fingerprint density at radius 1 is 1.31 bits per heavy atom. The van der Waals surface area contributed by atoms with Gasteiger partial charge in [-0.2, -0.15) is 0 Å². The Kier molecular flexibility index (Phi) is 7.93. The first-order valence-electron chi connectivity index (χ1n) is 13.3. The molecule has 3 atom stereocenters. The minimum Gasteiger partial charge on any atom is -0.447 e. The van der Waals surface area contributed by atoms with Gasteiger partial charge >= 0.3 is 6.09 Å². The molecule has 39 heavy (non-hydrogen) atoms. The quantitative estimate of drug-likeness (QED) is 0.391. The average molecular weight is 561 g/mol. The maximum absolute atomic E-state index is 15.6. The Bertz CT molecular complexity index is 1370. The van der Waals surface area contributed by atoms with Crippen LogP contribution in [-0.2, 0) is 9.47 Å². The summed E-state index contributed by atoms with van der Waals surface area (Å²) in [6.07, 6.45) is 1.54. The Balaban J connectivity index is 1.50. The van der Waals surface area contributed by atoms with Crippen molar-refractivity contribution in [1.82, 2.24) is 24.8 Å². The van der Waals surface area contributed by atoms with E-state index in [1.807, 2.05) is 27.7 Å². The summed E-state index contributed by atoms with van der Waals surface area (Å²) < 4.78 is 26.2. The van der Waals surface area contributed by atoms with Gasteiger partial charge in [-0.1, -0.05) is 25.4 Å². The second-order valence-electron chi connectivity index (χ2n) is 10.8. The number of imidazole rings is 1. The number of nitrogens with zero attached hydrogens (tertiary/aromatic N) is 4. The van der Waals surface area contributed by atoms with Crippen LogP contribution in [0.25, 0.3) is 22.3 Å². The van der Waals surface area contributed by atoms with Crippen molar-refractivity contribution in [3.8, 4) is 11.3 Å². The van der Waals surface area contributed by atoms with Gasteiger partial charge in [0.1, 0.15) is 11.3 Å². The summed E-state index contributed by atoms with van der Waals surface area (Å²) in [5, 5.41) is 13.7. The first-order valence-corrected chi connectivity index (χ1v) is 13.7. The maximum atomic E-state index is 15.6. The van der Waals surface area contributed by atoms with Gasteiger partial charge in [0.05, 0.1) is 47.3 Å². The van der Waals surface area contributed by atoms with Crippen LogP contribution in [0, 0.1) is 5.82 Å².